The van der Waals surface area contributed by atoms with Gasteiger partial charge in [0, 0.05) is 6.54 Å². The van der Waals surface area contributed by atoms with E-state index in [2.05, 4.69) is 15.0 Å². The molecule has 6 heteroatoms. The van der Waals surface area contributed by atoms with E-state index < -0.39 is 5.97 Å². The number of nitrogens with zero attached hydrogens (tertiary/aromatic N) is 1. The molecule has 0 aliphatic rings. The molecule has 104 valence electrons. The normalized spacial score (nSPS) is 9.84. The summed E-state index contributed by atoms with van der Waals surface area (Å²) in [4.78, 5) is 26.7. The van der Waals surface area contributed by atoms with Gasteiger partial charge in [0.05, 0.1) is 31.4 Å². The van der Waals surface area contributed by atoms with E-state index in [0.717, 1.165) is 0 Å². The van der Waals surface area contributed by atoms with Gasteiger partial charge in [-0.1, -0.05) is 0 Å². The van der Waals surface area contributed by atoms with E-state index in [0.29, 0.717) is 30.2 Å². The van der Waals surface area contributed by atoms with E-state index in [1.54, 1.807) is 26.0 Å². The zero-order chi connectivity index (χ0) is 14.3. The van der Waals surface area contributed by atoms with Crippen molar-refractivity contribution < 1.29 is 19.1 Å². The second-order valence-corrected chi connectivity index (χ2v) is 3.80. The van der Waals surface area contributed by atoms with Crippen molar-refractivity contribution in [2.24, 2.45) is 0 Å². The van der Waals surface area contributed by atoms with Gasteiger partial charge in [-0.2, -0.15) is 0 Å². The Hall–Kier alpha value is -2.11. The van der Waals surface area contributed by atoms with Crippen LogP contribution >= 0.6 is 0 Å². The van der Waals surface area contributed by atoms with E-state index in [-0.39, 0.29) is 12.4 Å². The molecule has 0 atom stereocenters. The highest BCUT2D eigenvalue weighted by molar-refractivity contribution is 5.90. The summed E-state index contributed by atoms with van der Waals surface area (Å²) in [5.74, 6) is -0.0598. The zero-order valence-corrected chi connectivity index (χ0v) is 11.4. The van der Waals surface area contributed by atoms with Crippen LogP contribution in [0, 0.1) is 6.92 Å². The molecule has 0 spiro atoms. The van der Waals surface area contributed by atoms with Crippen molar-refractivity contribution in [3.63, 3.8) is 0 Å². The molecule has 0 fully saturated rings. The Morgan fingerprint density at radius 3 is 2.68 bits per heavy atom. The first-order valence-corrected chi connectivity index (χ1v) is 6.04. The number of pyridine rings is 1. The molecule has 0 amide bonds. The highest BCUT2D eigenvalue weighted by Gasteiger charge is 2.10. The SMILES string of the molecule is CCOC(=O)CCNc1ccc(C(=O)OC)c(C)n1. The van der Waals surface area contributed by atoms with Crippen LogP contribution in [0.5, 0.6) is 0 Å². The summed E-state index contributed by atoms with van der Waals surface area (Å²) in [6.07, 6.45) is 0.271. The van der Waals surface area contributed by atoms with E-state index in [9.17, 15) is 9.59 Å². The number of anilines is 1. The van der Waals surface area contributed by atoms with Gasteiger partial charge in [-0.15, -0.1) is 0 Å². The topological polar surface area (TPSA) is 77.5 Å². The number of carbonyl (C=O) groups is 2. The first-order chi connectivity index (χ1) is 9.08. The van der Waals surface area contributed by atoms with Gasteiger partial charge in [-0.25, -0.2) is 9.78 Å². The number of aryl methyl sites for hydroxylation is 1. The predicted octanol–water partition coefficient (Wildman–Crippen LogP) is 1.54. The quantitative estimate of drug-likeness (QED) is 0.787. The van der Waals surface area contributed by atoms with Crippen molar-refractivity contribution >= 4 is 17.8 Å². The third-order valence-electron chi connectivity index (χ3n) is 2.43. The number of carbonyl (C=O) groups excluding carboxylic acids is 2. The first kappa shape index (κ1) is 14.9. The summed E-state index contributed by atoms with van der Waals surface area (Å²) in [7, 11) is 1.33. The molecule has 1 aromatic heterocycles. The number of methoxy groups -OCH3 is 1. The van der Waals surface area contributed by atoms with Crippen LogP contribution in [0.1, 0.15) is 29.4 Å². The van der Waals surface area contributed by atoms with Crippen LogP contribution in [0.4, 0.5) is 5.82 Å². The lowest BCUT2D eigenvalue weighted by Gasteiger charge is -2.08. The Balaban J connectivity index is 2.54. The summed E-state index contributed by atoms with van der Waals surface area (Å²) in [6, 6.07) is 3.31. The minimum Gasteiger partial charge on any atom is -0.466 e. The average molecular weight is 266 g/mol. The minimum absolute atomic E-state index is 0.252. The fourth-order valence-corrected chi connectivity index (χ4v) is 1.51. The van der Waals surface area contributed by atoms with Crippen molar-refractivity contribution in [1.82, 2.24) is 4.98 Å². The molecule has 1 rings (SSSR count). The number of hydrogen-bond acceptors (Lipinski definition) is 6. The van der Waals surface area contributed by atoms with Gasteiger partial charge in [0.15, 0.2) is 0 Å². The van der Waals surface area contributed by atoms with Gasteiger partial charge in [-0.3, -0.25) is 4.79 Å². The van der Waals surface area contributed by atoms with Crippen molar-refractivity contribution in [2.45, 2.75) is 20.3 Å². The van der Waals surface area contributed by atoms with Crippen molar-refractivity contribution in [3.05, 3.63) is 23.4 Å². The maximum Gasteiger partial charge on any atom is 0.339 e. The number of aromatic nitrogens is 1. The monoisotopic (exact) mass is 266 g/mol. The molecule has 0 bridgehead atoms. The van der Waals surface area contributed by atoms with Crippen molar-refractivity contribution in [1.29, 1.82) is 0 Å². The molecule has 0 radical (unpaired) electrons. The Morgan fingerprint density at radius 2 is 2.11 bits per heavy atom. The Kier molecular flexibility index (Phi) is 5.78. The maximum absolute atomic E-state index is 11.4. The Labute approximate surface area is 112 Å². The van der Waals surface area contributed by atoms with Gasteiger partial charge >= 0.3 is 11.9 Å². The molecular formula is C13H18N2O4. The van der Waals surface area contributed by atoms with Crippen LogP contribution in [0.3, 0.4) is 0 Å². The minimum atomic E-state index is -0.414. The summed E-state index contributed by atoms with van der Waals surface area (Å²) in [5.41, 5.74) is 1.01. The van der Waals surface area contributed by atoms with Gasteiger partial charge in [0.2, 0.25) is 0 Å². The lowest BCUT2D eigenvalue weighted by atomic mass is 10.2. The fraction of sp³-hybridized carbons (Fsp3) is 0.462. The van der Waals surface area contributed by atoms with Gasteiger partial charge in [0.25, 0.3) is 0 Å². The van der Waals surface area contributed by atoms with Crippen molar-refractivity contribution in [3.8, 4) is 0 Å². The molecule has 0 aromatic carbocycles. The Morgan fingerprint density at radius 1 is 1.37 bits per heavy atom. The molecule has 1 N–H and O–H groups in total. The van der Waals surface area contributed by atoms with E-state index in [1.165, 1.54) is 7.11 Å². The van der Waals surface area contributed by atoms with Crippen LogP contribution in [-0.2, 0) is 14.3 Å². The molecule has 0 aliphatic heterocycles. The van der Waals surface area contributed by atoms with Crippen LogP contribution < -0.4 is 5.32 Å². The molecule has 1 aromatic rings. The van der Waals surface area contributed by atoms with Crippen LogP contribution in [0.25, 0.3) is 0 Å². The number of ether oxygens (including phenoxy) is 2. The first-order valence-electron chi connectivity index (χ1n) is 6.04. The highest BCUT2D eigenvalue weighted by Crippen LogP contribution is 2.11. The molecule has 1 heterocycles. The van der Waals surface area contributed by atoms with Crippen LogP contribution in [0.15, 0.2) is 12.1 Å². The number of esters is 2. The standard InChI is InChI=1S/C13H18N2O4/c1-4-19-12(16)7-8-14-11-6-5-10(9(2)15-11)13(17)18-3/h5-6H,4,7-8H2,1-3H3,(H,14,15). The van der Waals surface area contributed by atoms with Gasteiger partial charge in [-0.05, 0) is 26.0 Å². The maximum atomic E-state index is 11.4. The van der Waals surface area contributed by atoms with Gasteiger partial charge < -0.3 is 14.8 Å². The molecule has 6 nitrogen and oxygen atoms in total. The van der Waals surface area contributed by atoms with Gasteiger partial charge in [0.1, 0.15) is 5.82 Å². The number of rotatable bonds is 6. The third kappa shape index (κ3) is 4.57. The summed E-state index contributed by atoms with van der Waals surface area (Å²) >= 11 is 0. The van der Waals surface area contributed by atoms with Crippen molar-refractivity contribution in [2.75, 3.05) is 25.6 Å². The summed E-state index contributed by atoms with van der Waals surface area (Å²) in [5, 5.41) is 2.99. The van der Waals surface area contributed by atoms with E-state index in [4.69, 9.17) is 4.74 Å². The number of nitrogens with one attached hydrogen (secondary N) is 1. The lowest BCUT2D eigenvalue weighted by molar-refractivity contribution is -0.142. The number of hydrogen-bond donors (Lipinski definition) is 1. The summed E-state index contributed by atoms with van der Waals surface area (Å²) < 4.78 is 9.44. The average Bonchev–Trinajstić information content (AvgIpc) is 2.38. The second-order valence-electron chi connectivity index (χ2n) is 3.80. The molecule has 0 aliphatic carbocycles. The second kappa shape index (κ2) is 7.35. The lowest BCUT2D eigenvalue weighted by Crippen LogP contribution is -2.13. The Bertz CT molecular complexity index is 460. The zero-order valence-electron chi connectivity index (χ0n) is 11.4. The fourth-order valence-electron chi connectivity index (χ4n) is 1.51. The largest absolute Gasteiger partial charge is 0.466 e. The van der Waals surface area contributed by atoms with Crippen LogP contribution in [0.2, 0.25) is 0 Å². The van der Waals surface area contributed by atoms with E-state index >= 15 is 0 Å². The molecule has 0 saturated carbocycles. The third-order valence-corrected chi connectivity index (χ3v) is 2.43. The summed E-state index contributed by atoms with van der Waals surface area (Å²) in [6.45, 7) is 4.30. The molecular weight excluding hydrogens is 248 g/mol. The predicted molar refractivity (Wildman–Crippen MR) is 70.1 cm³/mol. The molecule has 0 unspecified atom stereocenters. The van der Waals surface area contributed by atoms with E-state index in [1.807, 2.05) is 0 Å². The molecule has 0 saturated heterocycles. The van der Waals surface area contributed by atoms with Crippen LogP contribution in [-0.4, -0.2) is 37.2 Å². The highest BCUT2D eigenvalue weighted by atomic mass is 16.5. The molecule has 19 heavy (non-hydrogen) atoms. The smallest absolute Gasteiger partial charge is 0.339 e.